The molecule has 0 spiro atoms. The van der Waals surface area contributed by atoms with E-state index >= 15 is 0 Å². The van der Waals surface area contributed by atoms with Gasteiger partial charge in [0.15, 0.2) is 9.84 Å². The molecule has 0 saturated carbocycles. The molecule has 0 N–H and O–H groups in total. The minimum Gasteiger partial charge on any atom is -0.223 e. The second-order valence-electron chi connectivity index (χ2n) is 4.77. The number of hydrogen-bond acceptors (Lipinski definition) is 4. The average Bonchev–Trinajstić information content (AvgIpc) is 2.37. The molecule has 0 radical (unpaired) electrons. The Hall–Kier alpha value is -0.300. The van der Waals surface area contributed by atoms with Gasteiger partial charge in [-0.1, -0.05) is 38.3 Å². The Balaban J connectivity index is 3.32. The summed E-state index contributed by atoms with van der Waals surface area (Å²) in [7, 11) is -2.30. The van der Waals surface area contributed by atoms with Crippen molar-refractivity contribution in [1.82, 2.24) is 0 Å². The van der Waals surface area contributed by atoms with Crippen LogP contribution in [0.25, 0.3) is 0 Å². The lowest BCUT2D eigenvalue weighted by atomic mass is 10.2. The predicted octanol–water partition coefficient (Wildman–Crippen LogP) is 4.01. The first-order valence-electron chi connectivity index (χ1n) is 6.62. The molecule has 1 aromatic carbocycles. The Morgan fingerprint density at radius 1 is 1.05 bits per heavy atom. The maximum atomic E-state index is 12.6. The van der Waals surface area contributed by atoms with Crippen LogP contribution in [0.1, 0.15) is 39.5 Å². The van der Waals surface area contributed by atoms with E-state index in [0.717, 1.165) is 25.0 Å². The fraction of sp³-hybridized carbons (Fsp3) is 0.538. The van der Waals surface area contributed by atoms with E-state index in [0.29, 0.717) is 12.8 Å². The Bertz CT molecular complexity index is 691. The van der Waals surface area contributed by atoms with Gasteiger partial charge < -0.3 is 0 Å². The second kappa shape index (κ2) is 7.31. The van der Waals surface area contributed by atoms with Gasteiger partial charge in [-0.3, -0.25) is 0 Å². The zero-order valence-corrected chi connectivity index (χ0v) is 15.0. The highest BCUT2D eigenvalue weighted by Crippen LogP contribution is 2.31. The molecule has 120 valence electrons. The van der Waals surface area contributed by atoms with Crippen molar-refractivity contribution in [2.24, 2.45) is 0 Å². The molecule has 4 nitrogen and oxygen atoms in total. The minimum absolute atomic E-state index is 0.0415. The number of rotatable bonds is 7. The molecule has 0 aliphatic heterocycles. The molecule has 0 unspecified atom stereocenters. The third-order valence-electron chi connectivity index (χ3n) is 3.15. The summed E-state index contributed by atoms with van der Waals surface area (Å²) in [5, 5.41) is -0.627. The third kappa shape index (κ3) is 4.58. The summed E-state index contributed by atoms with van der Waals surface area (Å²) in [4.78, 5) is -0.254. The first-order valence-corrected chi connectivity index (χ1v) is 10.9. The van der Waals surface area contributed by atoms with Crippen LogP contribution in [0.15, 0.2) is 28.0 Å². The molecule has 0 aromatic heterocycles. The predicted molar refractivity (Wildman–Crippen MR) is 85.3 cm³/mol. The van der Waals surface area contributed by atoms with Gasteiger partial charge in [0.2, 0.25) is 0 Å². The van der Waals surface area contributed by atoms with E-state index in [1.54, 1.807) is 0 Å². The summed E-state index contributed by atoms with van der Waals surface area (Å²) < 4.78 is 47.7. The zero-order valence-electron chi connectivity index (χ0n) is 11.8. The highest BCUT2D eigenvalue weighted by Gasteiger charge is 2.28. The fourth-order valence-electron chi connectivity index (χ4n) is 2.14. The van der Waals surface area contributed by atoms with Crippen LogP contribution in [0.3, 0.4) is 0 Å². The highest BCUT2D eigenvalue weighted by molar-refractivity contribution is 8.13. The second-order valence-corrected chi connectivity index (χ2v) is 9.94. The summed E-state index contributed by atoms with van der Waals surface area (Å²) in [5.41, 5.74) is 0. The van der Waals surface area contributed by atoms with E-state index in [1.807, 2.05) is 13.8 Å². The Kier molecular flexibility index (Phi) is 6.53. The number of sulfone groups is 1. The van der Waals surface area contributed by atoms with Crippen molar-refractivity contribution >= 4 is 41.2 Å². The molecule has 1 aromatic rings. The van der Waals surface area contributed by atoms with Gasteiger partial charge in [-0.25, -0.2) is 16.8 Å². The van der Waals surface area contributed by atoms with Crippen LogP contribution < -0.4 is 0 Å². The molecule has 0 saturated heterocycles. The van der Waals surface area contributed by atoms with E-state index in [9.17, 15) is 16.8 Å². The molecule has 1 rings (SSSR count). The summed E-state index contributed by atoms with van der Waals surface area (Å²) in [6.07, 6.45) is 2.58. The van der Waals surface area contributed by atoms with Crippen LogP contribution in [0.5, 0.6) is 0 Å². The zero-order chi connectivity index (χ0) is 16.3. The van der Waals surface area contributed by atoms with E-state index in [1.165, 1.54) is 6.07 Å². The lowest BCUT2D eigenvalue weighted by molar-refractivity contribution is 0.554. The maximum Gasteiger partial charge on any atom is 0.261 e. The Morgan fingerprint density at radius 2 is 1.57 bits per heavy atom. The van der Waals surface area contributed by atoms with Gasteiger partial charge in [-0.15, -0.1) is 0 Å². The van der Waals surface area contributed by atoms with Crippen LogP contribution in [-0.2, 0) is 18.9 Å². The smallest absolute Gasteiger partial charge is 0.223 e. The molecule has 0 aliphatic rings. The molecule has 0 atom stereocenters. The van der Waals surface area contributed by atoms with E-state index in [-0.39, 0.29) is 14.8 Å². The Labute approximate surface area is 135 Å². The number of benzene rings is 1. The van der Waals surface area contributed by atoms with Gasteiger partial charge in [0.05, 0.1) is 20.1 Å². The molecule has 0 fully saturated rings. The SMILES string of the molecule is CCCC(CCC)S(=O)(=O)c1ccc(S(=O)(=O)Cl)cc1Cl. The van der Waals surface area contributed by atoms with Gasteiger partial charge in [0.25, 0.3) is 9.05 Å². The largest absolute Gasteiger partial charge is 0.261 e. The van der Waals surface area contributed by atoms with Crippen molar-refractivity contribution < 1.29 is 16.8 Å². The monoisotopic (exact) mass is 372 g/mol. The molecular formula is C13H18Cl2O4S2. The lowest BCUT2D eigenvalue weighted by Crippen LogP contribution is -2.21. The van der Waals surface area contributed by atoms with E-state index in [2.05, 4.69) is 0 Å². The Morgan fingerprint density at radius 3 is 1.95 bits per heavy atom. The molecule has 0 bridgehead atoms. The van der Waals surface area contributed by atoms with Crippen molar-refractivity contribution in [3.05, 3.63) is 23.2 Å². The van der Waals surface area contributed by atoms with Crippen LogP contribution in [0, 0.1) is 0 Å². The summed E-state index contributed by atoms with van der Waals surface area (Å²) in [6, 6.07) is 3.45. The molecule has 8 heteroatoms. The highest BCUT2D eigenvalue weighted by atomic mass is 35.7. The van der Waals surface area contributed by atoms with Crippen LogP contribution >= 0.6 is 22.3 Å². The van der Waals surface area contributed by atoms with Crippen LogP contribution in [-0.4, -0.2) is 22.1 Å². The molecule has 0 amide bonds. The van der Waals surface area contributed by atoms with E-state index in [4.69, 9.17) is 22.3 Å². The average molecular weight is 373 g/mol. The minimum atomic E-state index is -3.94. The summed E-state index contributed by atoms with van der Waals surface area (Å²) in [6.45, 7) is 3.84. The topological polar surface area (TPSA) is 68.3 Å². The van der Waals surface area contributed by atoms with Crippen LogP contribution in [0.4, 0.5) is 0 Å². The molecule has 21 heavy (non-hydrogen) atoms. The lowest BCUT2D eigenvalue weighted by Gasteiger charge is -2.17. The first-order chi connectivity index (χ1) is 9.64. The molecular weight excluding hydrogens is 355 g/mol. The summed E-state index contributed by atoms with van der Waals surface area (Å²) >= 11 is 5.96. The van der Waals surface area contributed by atoms with Gasteiger partial charge >= 0.3 is 0 Å². The maximum absolute atomic E-state index is 12.6. The van der Waals surface area contributed by atoms with Crippen molar-refractivity contribution in [2.75, 3.05) is 0 Å². The number of hydrogen-bond donors (Lipinski definition) is 0. The van der Waals surface area contributed by atoms with Crippen LogP contribution in [0.2, 0.25) is 5.02 Å². The van der Waals surface area contributed by atoms with Crippen molar-refractivity contribution in [3.8, 4) is 0 Å². The standard InChI is InChI=1S/C13H18Cl2O4S2/c1-3-5-10(6-4-2)20(16,17)13-8-7-11(9-12(13)14)21(15,18)19/h7-10H,3-6H2,1-2H3. The van der Waals surface area contributed by atoms with Gasteiger partial charge in [-0.2, -0.15) is 0 Å². The summed E-state index contributed by atoms with van der Waals surface area (Å²) in [5.74, 6) is 0. The van der Waals surface area contributed by atoms with Gasteiger partial charge in [-0.05, 0) is 31.0 Å². The van der Waals surface area contributed by atoms with Crippen molar-refractivity contribution in [2.45, 2.75) is 54.6 Å². The normalized spacial score (nSPS) is 12.8. The van der Waals surface area contributed by atoms with Crippen molar-refractivity contribution in [3.63, 3.8) is 0 Å². The first kappa shape index (κ1) is 18.7. The van der Waals surface area contributed by atoms with Gasteiger partial charge in [0.1, 0.15) is 0 Å². The number of halogens is 2. The van der Waals surface area contributed by atoms with Gasteiger partial charge in [0, 0.05) is 10.7 Å². The molecule has 0 heterocycles. The van der Waals surface area contributed by atoms with E-state index < -0.39 is 24.1 Å². The molecule has 0 aliphatic carbocycles. The van der Waals surface area contributed by atoms with Crippen molar-refractivity contribution in [1.29, 1.82) is 0 Å². The fourth-order valence-corrected chi connectivity index (χ4v) is 5.53. The quantitative estimate of drug-likeness (QED) is 0.677. The third-order valence-corrected chi connectivity index (χ3v) is 7.25.